The first-order chi connectivity index (χ1) is 16.4. The first-order valence-corrected chi connectivity index (χ1v) is 11.9. The Kier molecular flexibility index (Phi) is 14.3. The van der Waals surface area contributed by atoms with Crippen LogP contribution in [0, 0.1) is 0 Å². The first kappa shape index (κ1) is 29.2. The quantitative estimate of drug-likeness (QED) is 0.258. The Bertz CT molecular complexity index is 838. The van der Waals surface area contributed by atoms with Crippen molar-refractivity contribution in [1.82, 2.24) is 40.6 Å². The Labute approximate surface area is 201 Å². The number of aliphatic carboxylic acids is 2. The monoisotopic (exact) mass is 480 g/mol. The molecule has 0 saturated heterocycles. The molecule has 2 unspecified atom stereocenters. The van der Waals surface area contributed by atoms with Gasteiger partial charge in [0, 0.05) is 19.3 Å². The Balaban J connectivity index is 0.000000340. The predicted octanol–water partition coefficient (Wildman–Crippen LogP) is 1.37. The summed E-state index contributed by atoms with van der Waals surface area (Å²) in [6, 6.07) is -0.895. The Morgan fingerprint density at radius 1 is 0.912 bits per heavy atom. The van der Waals surface area contributed by atoms with Gasteiger partial charge >= 0.3 is 11.9 Å². The second-order valence-electron chi connectivity index (χ2n) is 7.98. The van der Waals surface area contributed by atoms with Crippen LogP contribution < -0.4 is 10.6 Å². The van der Waals surface area contributed by atoms with Crippen molar-refractivity contribution in [3.8, 4) is 0 Å². The third-order valence-corrected chi connectivity index (χ3v) is 5.54. The van der Waals surface area contributed by atoms with Gasteiger partial charge in [0.1, 0.15) is 12.1 Å². The summed E-state index contributed by atoms with van der Waals surface area (Å²) in [7, 11) is 3.34. The molecule has 0 saturated carbocycles. The van der Waals surface area contributed by atoms with E-state index >= 15 is 0 Å². The largest absolute Gasteiger partial charge is 0.480 e. The molecule has 2 heterocycles. The van der Waals surface area contributed by atoms with Crippen molar-refractivity contribution >= 4 is 11.9 Å². The van der Waals surface area contributed by atoms with Gasteiger partial charge in [-0.3, -0.25) is 14.3 Å². The van der Waals surface area contributed by atoms with E-state index in [-0.39, 0.29) is 0 Å². The van der Waals surface area contributed by atoms with Crippen LogP contribution in [-0.4, -0.2) is 78.3 Å². The van der Waals surface area contributed by atoms with Gasteiger partial charge in [-0.25, -0.2) is 4.68 Å². The molecule has 192 valence electrons. The maximum Gasteiger partial charge on any atom is 0.320 e. The summed E-state index contributed by atoms with van der Waals surface area (Å²) in [6.07, 6.45) is 10.4. The van der Waals surface area contributed by atoms with Gasteiger partial charge in [0.15, 0.2) is 0 Å². The Hall–Kier alpha value is -2.86. The lowest BCUT2D eigenvalue weighted by molar-refractivity contribution is -0.140. The maximum absolute atomic E-state index is 10.8. The van der Waals surface area contributed by atoms with E-state index in [0.717, 1.165) is 63.0 Å². The number of hydrogen-bond donors (Lipinski definition) is 4. The zero-order chi connectivity index (χ0) is 25.3. The van der Waals surface area contributed by atoms with E-state index in [0.29, 0.717) is 12.8 Å². The first-order valence-electron chi connectivity index (χ1n) is 11.9. The van der Waals surface area contributed by atoms with Crippen molar-refractivity contribution in [3.05, 3.63) is 23.8 Å². The summed E-state index contributed by atoms with van der Waals surface area (Å²) in [5.41, 5.74) is 2.11. The lowest BCUT2D eigenvalue weighted by Crippen LogP contribution is -2.33. The second-order valence-corrected chi connectivity index (χ2v) is 7.98. The van der Waals surface area contributed by atoms with Crippen molar-refractivity contribution in [2.45, 2.75) is 90.4 Å². The highest BCUT2D eigenvalue weighted by Gasteiger charge is 2.14. The molecular formula is C22H40N8O4. The van der Waals surface area contributed by atoms with E-state index in [1.54, 1.807) is 20.3 Å². The average Bonchev–Trinajstić information content (AvgIpc) is 3.48. The van der Waals surface area contributed by atoms with Crippen LogP contribution >= 0.6 is 0 Å². The van der Waals surface area contributed by atoms with Crippen molar-refractivity contribution < 1.29 is 19.8 Å². The van der Waals surface area contributed by atoms with Crippen LogP contribution in [0.25, 0.3) is 0 Å². The summed E-state index contributed by atoms with van der Waals surface area (Å²) in [5, 5.41) is 39.1. The molecule has 0 aliphatic heterocycles. The molecule has 12 heteroatoms. The highest BCUT2D eigenvalue weighted by molar-refractivity contribution is 5.73. The summed E-state index contributed by atoms with van der Waals surface area (Å²) in [4.78, 5) is 21.5. The molecule has 0 radical (unpaired) electrons. The van der Waals surface area contributed by atoms with Gasteiger partial charge in [0.05, 0.1) is 17.6 Å². The van der Waals surface area contributed by atoms with Gasteiger partial charge in [0.25, 0.3) is 0 Å². The second kappa shape index (κ2) is 16.7. The Morgan fingerprint density at radius 2 is 1.50 bits per heavy atom. The van der Waals surface area contributed by atoms with E-state index in [2.05, 4.69) is 38.2 Å². The van der Waals surface area contributed by atoms with Gasteiger partial charge in [0.2, 0.25) is 0 Å². The number of carbonyl (C=O) groups is 2. The molecule has 0 aliphatic rings. The molecule has 4 N–H and O–H groups in total. The molecule has 0 aliphatic carbocycles. The third-order valence-electron chi connectivity index (χ3n) is 5.54. The minimum absolute atomic E-state index is 0.447. The lowest BCUT2D eigenvalue weighted by atomic mass is 10.1. The summed E-state index contributed by atoms with van der Waals surface area (Å²) in [6.45, 7) is 5.71. The van der Waals surface area contributed by atoms with Crippen molar-refractivity contribution in [2.75, 3.05) is 14.1 Å². The number of unbranched alkanes of at least 4 members (excludes halogenated alkanes) is 2. The number of nitrogens with one attached hydrogen (secondary N) is 2. The van der Waals surface area contributed by atoms with Gasteiger partial charge in [-0.05, 0) is 65.5 Å². The van der Waals surface area contributed by atoms with E-state index < -0.39 is 24.0 Å². The minimum Gasteiger partial charge on any atom is -0.480 e. The van der Waals surface area contributed by atoms with Crippen LogP contribution in [-0.2, 0) is 35.5 Å². The normalized spacial score (nSPS) is 12.6. The van der Waals surface area contributed by atoms with Gasteiger partial charge < -0.3 is 20.8 Å². The predicted molar refractivity (Wildman–Crippen MR) is 127 cm³/mol. The third kappa shape index (κ3) is 10.8. The standard InChI is InChI=1S/2C11H20N4O2/c1-3-9-8-15(14-13-9)7-5-4-6-10(12-2)11(16)17;1-3-9-8-13-14-15(9)7-5-4-6-10(12-2)11(16)17/h2*8,10,12H,3-7H2,1-2H3,(H,16,17). The van der Waals surface area contributed by atoms with Gasteiger partial charge in [-0.1, -0.05) is 24.3 Å². The maximum atomic E-state index is 10.8. The zero-order valence-electron chi connectivity index (χ0n) is 20.8. The average molecular weight is 481 g/mol. The van der Waals surface area contributed by atoms with E-state index in [1.807, 2.05) is 22.5 Å². The fourth-order valence-corrected chi connectivity index (χ4v) is 3.37. The number of carboxylic acids is 2. The number of hydrogen-bond acceptors (Lipinski definition) is 8. The molecule has 12 nitrogen and oxygen atoms in total. The zero-order valence-corrected chi connectivity index (χ0v) is 20.8. The molecule has 2 rings (SSSR count). The van der Waals surface area contributed by atoms with E-state index in [1.165, 1.54) is 0 Å². The fourth-order valence-electron chi connectivity index (χ4n) is 3.37. The number of nitrogens with zero attached hydrogens (tertiary/aromatic N) is 6. The number of carboxylic acid groups (broad SMARTS) is 2. The highest BCUT2D eigenvalue weighted by Crippen LogP contribution is 2.05. The number of rotatable bonds is 16. The van der Waals surface area contributed by atoms with Gasteiger partial charge in [-0.2, -0.15) is 0 Å². The minimum atomic E-state index is -0.790. The van der Waals surface area contributed by atoms with Gasteiger partial charge in [-0.15, -0.1) is 10.2 Å². The molecular weight excluding hydrogens is 440 g/mol. The number of aromatic nitrogens is 6. The molecule has 0 fully saturated rings. The SMILES string of the molecule is CCc1cn(CCCCC(NC)C(=O)O)nn1.CCc1cnnn1CCCCC(NC)C(=O)O. The van der Waals surface area contributed by atoms with Crippen LogP contribution in [0.1, 0.15) is 63.8 Å². The van der Waals surface area contributed by atoms with Crippen LogP contribution in [0.2, 0.25) is 0 Å². The molecule has 0 spiro atoms. The number of aryl methyl sites for hydroxylation is 4. The van der Waals surface area contributed by atoms with Crippen molar-refractivity contribution in [1.29, 1.82) is 0 Å². The summed E-state index contributed by atoms with van der Waals surface area (Å²) >= 11 is 0. The van der Waals surface area contributed by atoms with E-state index in [9.17, 15) is 9.59 Å². The molecule has 34 heavy (non-hydrogen) atoms. The highest BCUT2D eigenvalue weighted by atomic mass is 16.4. The molecule has 0 aromatic carbocycles. The van der Waals surface area contributed by atoms with Crippen LogP contribution in [0.4, 0.5) is 0 Å². The van der Waals surface area contributed by atoms with Crippen LogP contribution in [0.5, 0.6) is 0 Å². The topological polar surface area (TPSA) is 160 Å². The van der Waals surface area contributed by atoms with Crippen molar-refractivity contribution in [2.24, 2.45) is 0 Å². The van der Waals surface area contributed by atoms with Crippen molar-refractivity contribution in [3.63, 3.8) is 0 Å². The molecule has 2 atom stereocenters. The fraction of sp³-hybridized carbons (Fsp3) is 0.727. The molecule has 0 bridgehead atoms. The number of likely N-dealkylation sites (N-methyl/N-ethyl adjacent to an activating group) is 2. The van der Waals surface area contributed by atoms with E-state index in [4.69, 9.17) is 10.2 Å². The molecule has 0 amide bonds. The molecule has 2 aromatic heterocycles. The van der Waals surface area contributed by atoms with Crippen LogP contribution in [0.3, 0.4) is 0 Å². The summed E-state index contributed by atoms with van der Waals surface area (Å²) < 4.78 is 3.70. The van der Waals surface area contributed by atoms with Crippen LogP contribution in [0.15, 0.2) is 12.4 Å². The Morgan fingerprint density at radius 3 is 1.97 bits per heavy atom. The smallest absolute Gasteiger partial charge is 0.320 e. The summed E-state index contributed by atoms with van der Waals surface area (Å²) in [5.74, 6) is -1.58. The lowest BCUT2D eigenvalue weighted by Gasteiger charge is -2.10. The molecule has 2 aromatic rings.